The summed E-state index contributed by atoms with van der Waals surface area (Å²) in [6, 6.07) is 0. The molecule has 2 unspecified atom stereocenters. The van der Waals surface area contributed by atoms with Crippen molar-refractivity contribution in [3.63, 3.8) is 0 Å². The third kappa shape index (κ3) is 1.52. The van der Waals surface area contributed by atoms with Gasteiger partial charge >= 0.3 is 0 Å². The zero-order chi connectivity index (χ0) is 15.0. The first-order chi connectivity index (χ1) is 9.19. The number of hydrogen-bond acceptors (Lipinski definition) is 0. The minimum Gasteiger partial charge on any atom is -0.0735 e. The van der Waals surface area contributed by atoms with E-state index in [4.69, 9.17) is 0 Å². The van der Waals surface area contributed by atoms with Crippen molar-refractivity contribution in [2.45, 2.75) is 54.6 Å². The second-order valence-electron chi connectivity index (χ2n) is 7.62. The molecule has 2 heteroatoms. The van der Waals surface area contributed by atoms with Gasteiger partial charge in [-0.3, -0.25) is 0 Å². The van der Waals surface area contributed by atoms with Crippen molar-refractivity contribution < 1.29 is 0 Å². The lowest BCUT2D eigenvalue weighted by Crippen LogP contribution is -2.40. The quantitative estimate of drug-likeness (QED) is 0.580. The molecule has 4 bridgehead atoms. The minimum absolute atomic E-state index is 0.241. The summed E-state index contributed by atoms with van der Waals surface area (Å²) in [4.78, 5) is 0. The highest BCUT2D eigenvalue weighted by Crippen LogP contribution is 2.52. The van der Waals surface area contributed by atoms with E-state index in [1.54, 1.807) is 22.3 Å². The van der Waals surface area contributed by atoms with E-state index in [-0.39, 0.29) is 9.52 Å². The summed E-state index contributed by atoms with van der Waals surface area (Å²) in [6.45, 7) is 19.8. The van der Waals surface area contributed by atoms with Gasteiger partial charge in [0.15, 0.2) is 0 Å². The Balaban J connectivity index is 2.34. The van der Waals surface area contributed by atoms with Gasteiger partial charge in [0.05, 0.1) is 9.52 Å². The molecule has 1 fully saturated rings. The predicted octanol–water partition coefficient (Wildman–Crippen LogP) is 4.44. The van der Waals surface area contributed by atoms with Gasteiger partial charge in [0.1, 0.15) is 8.07 Å². The Kier molecular flexibility index (Phi) is 3.01. The van der Waals surface area contributed by atoms with Crippen LogP contribution in [0.4, 0.5) is 0 Å². The summed E-state index contributed by atoms with van der Waals surface area (Å²) in [5, 5.41) is 7.42. The summed E-state index contributed by atoms with van der Waals surface area (Å²) < 4.78 is 0. The van der Waals surface area contributed by atoms with Crippen LogP contribution in [-0.4, -0.2) is 17.6 Å². The standard InChI is InChI=1S/C18H28Si2/c1-9-11(3)17-13(5)15(9)19-16-10(2)12(4)18(14(16)6)20(17,7)8/h13-14H,19H2,1-8H3. The second-order valence-corrected chi connectivity index (χ2v) is 13.8. The van der Waals surface area contributed by atoms with Gasteiger partial charge in [-0.25, -0.2) is 0 Å². The molecule has 3 rings (SSSR count). The summed E-state index contributed by atoms with van der Waals surface area (Å²) in [5.74, 6) is 1.50. The van der Waals surface area contributed by atoms with Gasteiger partial charge in [-0.2, -0.15) is 0 Å². The maximum Gasteiger partial charge on any atom is 0.105 e. The van der Waals surface area contributed by atoms with Crippen molar-refractivity contribution in [3.8, 4) is 0 Å². The second kappa shape index (κ2) is 4.20. The molecule has 1 saturated heterocycles. The van der Waals surface area contributed by atoms with Crippen molar-refractivity contribution >= 4 is 17.6 Å². The molecule has 0 aromatic carbocycles. The van der Waals surface area contributed by atoms with Crippen LogP contribution in [0, 0.1) is 11.8 Å². The minimum atomic E-state index is -1.49. The van der Waals surface area contributed by atoms with Crippen molar-refractivity contribution in [1.29, 1.82) is 0 Å². The summed E-state index contributed by atoms with van der Waals surface area (Å²) in [5.41, 5.74) is 6.65. The first kappa shape index (κ1) is 14.3. The molecule has 0 radical (unpaired) electrons. The molecular weight excluding hydrogens is 272 g/mol. The average molecular weight is 301 g/mol. The van der Waals surface area contributed by atoms with Gasteiger partial charge in [0.25, 0.3) is 0 Å². The topological polar surface area (TPSA) is 0 Å². The molecule has 0 nitrogen and oxygen atoms in total. The number of allylic oxidation sites excluding steroid dienone is 8. The molecule has 1 aliphatic heterocycles. The van der Waals surface area contributed by atoms with Crippen LogP contribution in [0.25, 0.3) is 0 Å². The summed E-state index contributed by atoms with van der Waals surface area (Å²) in [6.07, 6.45) is 0. The van der Waals surface area contributed by atoms with Crippen LogP contribution in [0.15, 0.2) is 43.1 Å². The smallest absolute Gasteiger partial charge is 0.0735 e. The van der Waals surface area contributed by atoms with Crippen LogP contribution in [-0.2, 0) is 0 Å². The highest BCUT2D eigenvalue weighted by Gasteiger charge is 2.47. The van der Waals surface area contributed by atoms with Crippen LogP contribution in [0.3, 0.4) is 0 Å². The molecule has 1 heterocycles. The Labute approximate surface area is 127 Å². The fourth-order valence-corrected chi connectivity index (χ4v) is 13.4. The molecule has 3 aliphatic rings. The zero-order valence-corrected chi connectivity index (χ0v) is 16.8. The summed E-state index contributed by atoms with van der Waals surface area (Å²) >= 11 is 0. The Morgan fingerprint density at radius 2 is 1.05 bits per heavy atom. The van der Waals surface area contributed by atoms with Crippen LogP contribution < -0.4 is 0 Å². The van der Waals surface area contributed by atoms with E-state index in [0.29, 0.717) is 0 Å². The van der Waals surface area contributed by atoms with Gasteiger partial charge in [0.2, 0.25) is 0 Å². The molecule has 0 aromatic heterocycles. The van der Waals surface area contributed by atoms with Crippen LogP contribution in [0.2, 0.25) is 13.1 Å². The number of hydrogen-bond donors (Lipinski definition) is 0. The normalized spacial score (nSPS) is 33.6. The highest BCUT2D eigenvalue weighted by molar-refractivity contribution is 6.92. The van der Waals surface area contributed by atoms with Crippen LogP contribution in [0.1, 0.15) is 41.5 Å². The van der Waals surface area contributed by atoms with E-state index >= 15 is 0 Å². The van der Waals surface area contributed by atoms with E-state index in [9.17, 15) is 0 Å². The molecule has 20 heavy (non-hydrogen) atoms. The third-order valence-corrected chi connectivity index (χ3v) is 13.9. The third-order valence-electron chi connectivity index (χ3n) is 6.54. The van der Waals surface area contributed by atoms with Gasteiger partial charge in [-0.1, -0.05) is 70.0 Å². The maximum atomic E-state index is 2.61. The van der Waals surface area contributed by atoms with Gasteiger partial charge < -0.3 is 0 Å². The zero-order valence-electron chi connectivity index (χ0n) is 14.4. The van der Waals surface area contributed by atoms with E-state index in [1.807, 2.05) is 20.8 Å². The van der Waals surface area contributed by atoms with E-state index in [2.05, 4.69) is 54.6 Å². The van der Waals surface area contributed by atoms with E-state index in [0.717, 1.165) is 11.8 Å². The lowest BCUT2D eigenvalue weighted by atomic mass is 10.2. The average Bonchev–Trinajstić information content (AvgIpc) is 2.70. The van der Waals surface area contributed by atoms with Crippen molar-refractivity contribution in [1.82, 2.24) is 0 Å². The first-order valence-corrected chi connectivity index (χ1v) is 12.4. The van der Waals surface area contributed by atoms with Crippen molar-refractivity contribution in [3.05, 3.63) is 43.1 Å². The maximum absolute atomic E-state index is 2.61. The van der Waals surface area contributed by atoms with Crippen molar-refractivity contribution in [2.24, 2.45) is 11.8 Å². The SMILES string of the molecule is CC1=C2[SiH2]C3=C(C)C(C)=C(C3C)[Si](C)(C)C(=C1C)C2C. The van der Waals surface area contributed by atoms with Gasteiger partial charge in [0, 0.05) is 0 Å². The molecule has 0 aromatic rings. The molecule has 0 saturated carbocycles. The molecule has 2 atom stereocenters. The monoisotopic (exact) mass is 300 g/mol. The van der Waals surface area contributed by atoms with Gasteiger partial charge in [-0.15, -0.1) is 0 Å². The molecule has 108 valence electrons. The molecule has 0 N–H and O–H groups in total. The number of fused-ring (bicyclic) bond motifs is 4. The van der Waals surface area contributed by atoms with E-state index < -0.39 is 8.07 Å². The fourth-order valence-electron chi connectivity index (χ4n) is 5.47. The molecular formula is C18H28Si2. The fraction of sp³-hybridized carbons (Fsp3) is 0.556. The Bertz CT molecular complexity index is 584. The van der Waals surface area contributed by atoms with E-state index in [1.165, 1.54) is 0 Å². The lowest BCUT2D eigenvalue weighted by molar-refractivity contribution is 0.848. The van der Waals surface area contributed by atoms with Crippen LogP contribution in [0.5, 0.6) is 0 Å². The molecule has 0 amide bonds. The molecule has 2 aliphatic carbocycles. The molecule has 0 spiro atoms. The Hall–Kier alpha value is -0.606. The Morgan fingerprint density at radius 1 is 0.700 bits per heavy atom. The highest BCUT2D eigenvalue weighted by atomic mass is 28.3. The van der Waals surface area contributed by atoms with Gasteiger partial charge in [-0.05, 0) is 39.5 Å². The van der Waals surface area contributed by atoms with Crippen molar-refractivity contribution in [2.75, 3.05) is 0 Å². The van der Waals surface area contributed by atoms with Crippen LogP contribution >= 0.6 is 0 Å². The number of rotatable bonds is 0. The lowest BCUT2D eigenvalue weighted by Gasteiger charge is -2.37. The Morgan fingerprint density at radius 3 is 1.40 bits per heavy atom. The predicted molar refractivity (Wildman–Crippen MR) is 95.2 cm³/mol. The first-order valence-electron chi connectivity index (χ1n) is 8.02. The largest absolute Gasteiger partial charge is 0.105 e. The summed E-state index contributed by atoms with van der Waals surface area (Å²) in [7, 11) is -1.73.